The number of hydrogen-bond donors (Lipinski definition) is 1. The summed E-state index contributed by atoms with van der Waals surface area (Å²) in [6, 6.07) is 13.8. The number of carboxylic acid groups (broad SMARTS) is 1. The molecule has 0 saturated carbocycles. The summed E-state index contributed by atoms with van der Waals surface area (Å²) in [6.07, 6.45) is 0. The van der Waals surface area contributed by atoms with Crippen molar-refractivity contribution in [2.45, 2.75) is 10.6 Å². The molecule has 2 aromatic rings. The van der Waals surface area contributed by atoms with Gasteiger partial charge in [-0.2, -0.15) is 0 Å². The molecule has 5 heteroatoms. The molecule has 19 heavy (non-hydrogen) atoms. The van der Waals surface area contributed by atoms with E-state index in [-0.39, 0.29) is 5.56 Å². The topological polar surface area (TPSA) is 54.4 Å². The SMILES string of the molecule is O=C(O)c1ccc(CS(=O)c2ccc(Br)cc2)cc1. The van der Waals surface area contributed by atoms with Crippen LogP contribution in [0.15, 0.2) is 57.9 Å². The summed E-state index contributed by atoms with van der Waals surface area (Å²) >= 11 is 3.33. The fourth-order valence-corrected chi connectivity index (χ4v) is 2.93. The van der Waals surface area contributed by atoms with Crippen molar-refractivity contribution in [1.29, 1.82) is 0 Å². The molecule has 0 aliphatic heterocycles. The average molecular weight is 339 g/mol. The minimum atomic E-state index is -1.13. The van der Waals surface area contributed by atoms with E-state index in [9.17, 15) is 9.00 Å². The van der Waals surface area contributed by atoms with Crippen LogP contribution in [0.1, 0.15) is 15.9 Å². The second kappa shape index (κ2) is 6.12. The molecule has 0 aliphatic rings. The summed E-state index contributed by atoms with van der Waals surface area (Å²) in [5.74, 6) is -0.581. The van der Waals surface area contributed by atoms with E-state index in [1.165, 1.54) is 12.1 Å². The highest BCUT2D eigenvalue weighted by molar-refractivity contribution is 9.10. The Morgan fingerprint density at radius 3 is 2.16 bits per heavy atom. The Kier molecular flexibility index (Phi) is 4.50. The molecule has 0 radical (unpaired) electrons. The van der Waals surface area contributed by atoms with E-state index in [1.807, 2.05) is 24.3 Å². The lowest BCUT2D eigenvalue weighted by atomic mass is 10.1. The summed E-state index contributed by atoms with van der Waals surface area (Å²) in [6.45, 7) is 0. The maximum absolute atomic E-state index is 12.1. The number of hydrogen-bond acceptors (Lipinski definition) is 2. The molecule has 3 nitrogen and oxygen atoms in total. The molecule has 2 rings (SSSR count). The summed E-state index contributed by atoms with van der Waals surface area (Å²) in [7, 11) is -1.13. The van der Waals surface area contributed by atoms with Crippen LogP contribution in [0, 0.1) is 0 Å². The van der Waals surface area contributed by atoms with E-state index < -0.39 is 16.8 Å². The van der Waals surface area contributed by atoms with Gasteiger partial charge in [0, 0.05) is 9.37 Å². The van der Waals surface area contributed by atoms with Gasteiger partial charge in [0.05, 0.1) is 22.1 Å². The van der Waals surface area contributed by atoms with Gasteiger partial charge in [-0.05, 0) is 42.0 Å². The Hall–Kier alpha value is -1.46. The van der Waals surface area contributed by atoms with E-state index in [0.717, 1.165) is 14.9 Å². The third kappa shape index (κ3) is 3.75. The van der Waals surface area contributed by atoms with E-state index >= 15 is 0 Å². The lowest BCUT2D eigenvalue weighted by molar-refractivity contribution is 0.0697. The predicted octanol–water partition coefficient (Wildman–Crippen LogP) is 3.46. The van der Waals surface area contributed by atoms with Crippen LogP contribution in [-0.2, 0) is 16.6 Å². The standard InChI is InChI=1S/C14H11BrO3S/c15-12-5-7-13(8-6-12)19(18)9-10-1-3-11(4-2-10)14(16)17/h1-8H,9H2,(H,16,17). The van der Waals surface area contributed by atoms with Crippen LogP contribution in [0.2, 0.25) is 0 Å². The monoisotopic (exact) mass is 338 g/mol. The first kappa shape index (κ1) is 14.0. The Bertz CT molecular complexity index is 606. The van der Waals surface area contributed by atoms with Crippen molar-refractivity contribution in [2.75, 3.05) is 0 Å². The van der Waals surface area contributed by atoms with Crippen LogP contribution in [0.25, 0.3) is 0 Å². The molecule has 0 aromatic heterocycles. The van der Waals surface area contributed by atoms with Crippen LogP contribution in [0.3, 0.4) is 0 Å². The van der Waals surface area contributed by atoms with Gasteiger partial charge < -0.3 is 5.11 Å². The molecule has 0 saturated heterocycles. The molecule has 2 aromatic carbocycles. The largest absolute Gasteiger partial charge is 0.478 e. The van der Waals surface area contributed by atoms with Crippen molar-refractivity contribution in [3.8, 4) is 0 Å². The molecular weight excluding hydrogens is 328 g/mol. The van der Waals surface area contributed by atoms with Gasteiger partial charge in [0.2, 0.25) is 0 Å². The number of carbonyl (C=O) groups is 1. The average Bonchev–Trinajstić information content (AvgIpc) is 2.40. The second-order valence-corrected chi connectivity index (χ2v) is 6.31. The van der Waals surface area contributed by atoms with Crippen LogP contribution in [0.4, 0.5) is 0 Å². The molecule has 1 atom stereocenters. The zero-order chi connectivity index (χ0) is 13.8. The van der Waals surface area contributed by atoms with Crippen LogP contribution < -0.4 is 0 Å². The minimum Gasteiger partial charge on any atom is -0.478 e. The highest BCUT2D eigenvalue weighted by Gasteiger charge is 2.07. The van der Waals surface area contributed by atoms with Gasteiger partial charge >= 0.3 is 5.97 Å². The van der Waals surface area contributed by atoms with E-state index in [0.29, 0.717) is 5.75 Å². The third-order valence-corrected chi connectivity index (χ3v) is 4.50. The summed E-state index contributed by atoms with van der Waals surface area (Å²) in [4.78, 5) is 11.5. The molecule has 0 heterocycles. The number of rotatable bonds is 4. The molecule has 0 aliphatic carbocycles. The van der Waals surface area contributed by atoms with Crippen LogP contribution in [-0.4, -0.2) is 15.3 Å². The molecule has 98 valence electrons. The van der Waals surface area contributed by atoms with Crippen molar-refractivity contribution in [1.82, 2.24) is 0 Å². The number of aromatic carboxylic acids is 1. The van der Waals surface area contributed by atoms with Gasteiger partial charge in [0.15, 0.2) is 0 Å². The van der Waals surface area contributed by atoms with Gasteiger partial charge in [-0.15, -0.1) is 0 Å². The molecule has 0 fully saturated rings. The zero-order valence-corrected chi connectivity index (χ0v) is 12.3. The van der Waals surface area contributed by atoms with E-state index in [1.54, 1.807) is 12.1 Å². The Morgan fingerprint density at radius 2 is 1.63 bits per heavy atom. The highest BCUT2D eigenvalue weighted by atomic mass is 79.9. The second-order valence-electron chi connectivity index (χ2n) is 3.95. The van der Waals surface area contributed by atoms with Crippen molar-refractivity contribution in [2.24, 2.45) is 0 Å². The quantitative estimate of drug-likeness (QED) is 0.928. The Balaban J connectivity index is 2.10. The lowest BCUT2D eigenvalue weighted by Gasteiger charge is -2.03. The molecule has 1 N–H and O–H groups in total. The maximum atomic E-state index is 12.1. The molecular formula is C14H11BrO3S. The van der Waals surface area contributed by atoms with Crippen molar-refractivity contribution in [3.05, 3.63) is 64.1 Å². The van der Waals surface area contributed by atoms with Gasteiger partial charge in [-0.1, -0.05) is 28.1 Å². The van der Waals surface area contributed by atoms with Gasteiger partial charge in [0.25, 0.3) is 0 Å². The van der Waals surface area contributed by atoms with Crippen molar-refractivity contribution >= 4 is 32.7 Å². The molecule has 0 bridgehead atoms. The number of carboxylic acids is 1. The first-order chi connectivity index (χ1) is 9.06. The fraction of sp³-hybridized carbons (Fsp3) is 0.0714. The maximum Gasteiger partial charge on any atom is 0.335 e. The molecule has 1 unspecified atom stereocenters. The first-order valence-electron chi connectivity index (χ1n) is 5.52. The smallest absolute Gasteiger partial charge is 0.335 e. The zero-order valence-electron chi connectivity index (χ0n) is 9.88. The summed E-state index contributed by atoms with van der Waals surface area (Å²) in [5, 5.41) is 8.80. The van der Waals surface area contributed by atoms with Gasteiger partial charge in [0.1, 0.15) is 0 Å². The highest BCUT2D eigenvalue weighted by Crippen LogP contribution is 2.16. The summed E-state index contributed by atoms with van der Waals surface area (Å²) < 4.78 is 13.1. The molecule has 0 spiro atoms. The predicted molar refractivity (Wildman–Crippen MR) is 77.7 cm³/mol. The van der Waals surface area contributed by atoms with Crippen LogP contribution >= 0.6 is 15.9 Å². The number of halogens is 1. The third-order valence-electron chi connectivity index (χ3n) is 2.58. The Labute approximate surface area is 121 Å². The van der Waals surface area contributed by atoms with Gasteiger partial charge in [-0.3, -0.25) is 4.21 Å². The fourth-order valence-electron chi connectivity index (χ4n) is 1.56. The van der Waals surface area contributed by atoms with E-state index in [4.69, 9.17) is 5.11 Å². The Morgan fingerprint density at radius 1 is 1.05 bits per heavy atom. The normalized spacial score (nSPS) is 12.1. The van der Waals surface area contributed by atoms with Crippen molar-refractivity contribution < 1.29 is 14.1 Å². The minimum absolute atomic E-state index is 0.234. The number of benzene rings is 2. The van der Waals surface area contributed by atoms with Crippen LogP contribution in [0.5, 0.6) is 0 Å². The lowest BCUT2D eigenvalue weighted by Crippen LogP contribution is -1.99. The van der Waals surface area contributed by atoms with E-state index in [2.05, 4.69) is 15.9 Å². The van der Waals surface area contributed by atoms with Gasteiger partial charge in [-0.25, -0.2) is 4.79 Å². The molecule has 0 amide bonds. The summed E-state index contributed by atoms with van der Waals surface area (Å²) in [5.41, 5.74) is 1.09. The van der Waals surface area contributed by atoms with Crippen molar-refractivity contribution in [3.63, 3.8) is 0 Å². The first-order valence-corrected chi connectivity index (χ1v) is 7.63.